The molecule has 2 aromatic carbocycles. The molecule has 6 nitrogen and oxygen atoms in total. The van der Waals surface area contributed by atoms with Gasteiger partial charge in [0.25, 0.3) is 0 Å². The van der Waals surface area contributed by atoms with Crippen molar-refractivity contribution in [1.82, 2.24) is 19.7 Å². The predicted octanol–water partition coefficient (Wildman–Crippen LogP) is 4.29. The molecule has 1 N–H and O–H groups in total. The normalized spacial score (nSPS) is 19.3. The zero-order valence-corrected chi connectivity index (χ0v) is 19.1. The highest BCUT2D eigenvalue weighted by Gasteiger charge is 2.36. The van der Waals surface area contributed by atoms with Crippen LogP contribution in [0.5, 0.6) is 0 Å². The van der Waals surface area contributed by atoms with Gasteiger partial charge in [-0.2, -0.15) is 5.10 Å². The summed E-state index contributed by atoms with van der Waals surface area (Å²) in [5.74, 6) is 1.47. The van der Waals surface area contributed by atoms with E-state index in [1.165, 1.54) is 16.7 Å². The zero-order chi connectivity index (χ0) is 23.1. The van der Waals surface area contributed by atoms with E-state index in [4.69, 9.17) is 0 Å². The molecule has 3 aliphatic rings. The monoisotopic (exact) mass is 452 g/mol. The van der Waals surface area contributed by atoms with Crippen LogP contribution in [0.1, 0.15) is 30.4 Å². The van der Waals surface area contributed by atoms with Crippen LogP contribution in [0.25, 0.3) is 28.6 Å². The molecule has 2 fully saturated rings. The topological polar surface area (TPSA) is 71.0 Å². The molecule has 1 saturated carbocycles. The van der Waals surface area contributed by atoms with E-state index in [0.29, 0.717) is 18.3 Å². The van der Waals surface area contributed by atoms with E-state index in [-0.39, 0.29) is 17.5 Å². The molecule has 0 spiro atoms. The minimum absolute atomic E-state index is 0.196. The SMILES string of the molecule is O=C(C1CC1)N1CCC(Cn2c(-c3ccc(-c4ccc5c(c4)CC=CC=C5)cc3)n[nH]c2=O)C1. The molecular formula is C28H28N4O2. The van der Waals surface area contributed by atoms with Crippen molar-refractivity contribution in [1.29, 1.82) is 0 Å². The van der Waals surface area contributed by atoms with Gasteiger partial charge in [0, 0.05) is 31.1 Å². The van der Waals surface area contributed by atoms with Gasteiger partial charge >= 0.3 is 5.69 Å². The number of aromatic nitrogens is 3. The molecule has 1 atom stereocenters. The second kappa shape index (κ2) is 8.60. The van der Waals surface area contributed by atoms with Crippen LogP contribution in [-0.2, 0) is 17.8 Å². The molecule has 172 valence electrons. The highest BCUT2D eigenvalue weighted by atomic mass is 16.2. The molecule has 1 saturated heterocycles. The second-order valence-electron chi connectivity index (χ2n) is 9.66. The zero-order valence-electron chi connectivity index (χ0n) is 19.1. The van der Waals surface area contributed by atoms with E-state index in [2.05, 4.69) is 64.8 Å². The van der Waals surface area contributed by atoms with Crippen molar-refractivity contribution in [2.45, 2.75) is 32.2 Å². The number of rotatable bonds is 5. The average molecular weight is 453 g/mol. The summed E-state index contributed by atoms with van der Waals surface area (Å²) in [6.07, 6.45) is 12.4. The molecule has 3 aromatic rings. The Hall–Kier alpha value is -3.67. The van der Waals surface area contributed by atoms with Crippen LogP contribution in [0.3, 0.4) is 0 Å². The number of fused-ring (bicyclic) bond motifs is 1. The summed E-state index contributed by atoms with van der Waals surface area (Å²) in [5.41, 5.74) is 5.61. The van der Waals surface area contributed by atoms with Crippen LogP contribution < -0.4 is 5.69 Å². The number of benzene rings is 2. The number of hydrogen-bond acceptors (Lipinski definition) is 3. The quantitative estimate of drug-likeness (QED) is 0.628. The maximum absolute atomic E-state index is 12.5. The van der Waals surface area contributed by atoms with E-state index >= 15 is 0 Å². The van der Waals surface area contributed by atoms with Crippen molar-refractivity contribution < 1.29 is 4.79 Å². The summed E-state index contributed by atoms with van der Waals surface area (Å²) < 4.78 is 1.73. The lowest BCUT2D eigenvalue weighted by Crippen LogP contribution is -2.31. The van der Waals surface area contributed by atoms with Crippen molar-refractivity contribution in [2.24, 2.45) is 11.8 Å². The first kappa shape index (κ1) is 20.9. The second-order valence-corrected chi connectivity index (χ2v) is 9.66. The van der Waals surface area contributed by atoms with Gasteiger partial charge in [-0.1, -0.05) is 66.8 Å². The van der Waals surface area contributed by atoms with Crippen molar-refractivity contribution in [2.75, 3.05) is 13.1 Å². The molecule has 1 aromatic heterocycles. The molecule has 0 bridgehead atoms. The molecule has 1 amide bonds. The highest BCUT2D eigenvalue weighted by Crippen LogP contribution is 2.33. The van der Waals surface area contributed by atoms with Gasteiger partial charge in [0.15, 0.2) is 5.82 Å². The predicted molar refractivity (Wildman–Crippen MR) is 133 cm³/mol. The lowest BCUT2D eigenvalue weighted by atomic mass is 9.97. The molecule has 6 rings (SSSR count). The Kier molecular flexibility index (Phi) is 5.28. The molecule has 2 aliphatic carbocycles. The summed E-state index contributed by atoms with van der Waals surface area (Å²) in [6.45, 7) is 2.10. The van der Waals surface area contributed by atoms with Gasteiger partial charge in [0.1, 0.15) is 0 Å². The molecule has 34 heavy (non-hydrogen) atoms. The third-order valence-electron chi connectivity index (χ3n) is 7.20. The van der Waals surface area contributed by atoms with Gasteiger partial charge in [-0.15, -0.1) is 0 Å². The highest BCUT2D eigenvalue weighted by molar-refractivity contribution is 5.81. The number of carbonyl (C=O) groups is 1. The number of aromatic amines is 1. The first-order valence-corrected chi connectivity index (χ1v) is 12.2. The van der Waals surface area contributed by atoms with E-state index in [9.17, 15) is 9.59 Å². The van der Waals surface area contributed by atoms with Crippen LogP contribution in [0.4, 0.5) is 0 Å². The number of hydrogen-bond donors (Lipinski definition) is 1. The third kappa shape index (κ3) is 4.04. The molecule has 1 unspecified atom stereocenters. The van der Waals surface area contributed by atoms with Crippen LogP contribution in [0.15, 0.2) is 65.5 Å². The fourth-order valence-electron chi connectivity index (χ4n) is 5.11. The minimum Gasteiger partial charge on any atom is -0.342 e. The number of likely N-dealkylation sites (tertiary alicyclic amines) is 1. The van der Waals surface area contributed by atoms with Crippen LogP contribution >= 0.6 is 0 Å². The van der Waals surface area contributed by atoms with Crippen LogP contribution in [0, 0.1) is 11.8 Å². The molecular weight excluding hydrogens is 424 g/mol. The first-order valence-electron chi connectivity index (χ1n) is 12.2. The molecule has 1 aliphatic heterocycles. The van der Waals surface area contributed by atoms with Crippen molar-refractivity contribution >= 4 is 12.0 Å². The number of nitrogens with zero attached hydrogens (tertiary/aromatic N) is 3. The Balaban J connectivity index is 1.20. The summed E-state index contributed by atoms with van der Waals surface area (Å²) in [6, 6.07) is 14.8. The van der Waals surface area contributed by atoms with Crippen LogP contribution in [-0.4, -0.2) is 38.7 Å². The lowest BCUT2D eigenvalue weighted by Gasteiger charge is -2.16. The van der Waals surface area contributed by atoms with Crippen molar-refractivity contribution in [3.8, 4) is 22.5 Å². The van der Waals surface area contributed by atoms with Crippen molar-refractivity contribution in [3.05, 3.63) is 82.3 Å². The summed E-state index contributed by atoms with van der Waals surface area (Å²) in [7, 11) is 0. The Morgan fingerprint density at radius 3 is 2.62 bits per heavy atom. The van der Waals surface area contributed by atoms with Crippen molar-refractivity contribution in [3.63, 3.8) is 0 Å². The van der Waals surface area contributed by atoms with E-state index in [1.54, 1.807) is 4.57 Å². The maximum atomic E-state index is 12.5. The largest absolute Gasteiger partial charge is 0.343 e. The first-order chi connectivity index (χ1) is 16.7. The fraction of sp³-hybridized carbons (Fsp3) is 0.321. The van der Waals surface area contributed by atoms with Gasteiger partial charge in [-0.3, -0.25) is 9.36 Å². The maximum Gasteiger partial charge on any atom is 0.343 e. The summed E-state index contributed by atoms with van der Waals surface area (Å²) >= 11 is 0. The minimum atomic E-state index is -0.196. The van der Waals surface area contributed by atoms with Gasteiger partial charge in [0.2, 0.25) is 5.91 Å². The molecule has 0 radical (unpaired) electrons. The summed E-state index contributed by atoms with van der Waals surface area (Å²) in [5, 5.41) is 6.94. The number of H-pyrrole nitrogens is 1. The number of amides is 1. The van der Waals surface area contributed by atoms with E-state index in [0.717, 1.165) is 49.9 Å². The smallest absolute Gasteiger partial charge is 0.342 e. The Morgan fingerprint density at radius 2 is 1.79 bits per heavy atom. The van der Waals surface area contributed by atoms with Crippen LogP contribution in [0.2, 0.25) is 0 Å². The standard InChI is InChI=1S/C28H28N4O2/c33-27(23-11-12-23)31-15-14-19(17-31)18-32-26(29-30-28(32)34)22-9-6-21(7-10-22)25-13-8-20-4-2-1-3-5-24(20)16-25/h1-4,6-10,13,16,19,23H,5,11-12,14-15,17-18H2,(H,30,34). The average Bonchev–Trinajstić information content (AvgIpc) is 3.57. The summed E-state index contributed by atoms with van der Waals surface area (Å²) in [4.78, 5) is 26.9. The Labute approximate surface area is 198 Å². The van der Waals surface area contributed by atoms with Gasteiger partial charge in [-0.25, -0.2) is 9.89 Å². The Bertz CT molecular complexity index is 1340. The fourth-order valence-corrected chi connectivity index (χ4v) is 5.11. The number of nitrogens with one attached hydrogen (secondary N) is 1. The van der Waals surface area contributed by atoms with E-state index in [1.807, 2.05) is 17.0 Å². The molecule has 6 heteroatoms. The lowest BCUT2D eigenvalue weighted by molar-refractivity contribution is -0.131. The van der Waals surface area contributed by atoms with Gasteiger partial charge < -0.3 is 4.90 Å². The Morgan fingerprint density at radius 1 is 1.00 bits per heavy atom. The van der Waals surface area contributed by atoms with E-state index < -0.39 is 0 Å². The molecule has 2 heterocycles. The third-order valence-corrected chi connectivity index (χ3v) is 7.20. The number of allylic oxidation sites excluding steroid dienone is 3. The number of carbonyl (C=O) groups excluding carboxylic acids is 1. The van der Waals surface area contributed by atoms with Gasteiger partial charge in [-0.05, 0) is 53.9 Å². The van der Waals surface area contributed by atoms with Gasteiger partial charge in [0.05, 0.1) is 0 Å².